The van der Waals surface area contributed by atoms with Gasteiger partial charge in [0, 0.05) is 6.04 Å². The second-order valence-corrected chi connectivity index (χ2v) is 3.60. The molecule has 13 heavy (non-hydrogen) atoms. The summed E-state index contributed by atoms with van der Waals surface area (Å²) in [6.07, 6.45) is 1.20. The average Bonchev–Trinajstić information content (AvgIpc) is 2.05. The highest BCUT2D eigenvalue weighted by Crippen LogP contribution is 2.30. The minimum Gasteiger partial charge on any atom is -0.495 e. The molecule has 1 aliphatic heterocycles. The molecular weight excluding hydrogens is 186 g/mol. The quantitative estimate of drug-likeness (QED) is 0.786. The maximum absolute atomic E-state index is 5.92. The Balaban J connectivity index is 2.26. The molecule has 1 aromatic rings. The van der Waals surface area contributed by atoms with Crippen LogP contribution in [0.15, 0.2) is 18.2 Å². The van der Waals surface area contributed by atoms with E-state index in [0.717, 1.165) is 12.3 Å². The van der Waals surface area contributed by atoms with Crippen LogP contribution in [-0.2, 0) is 0 Å². The first kappa shape index (κ1) is 8.85. The second-order valence-electron chi connectivity index (χ2n) is 3.19. The predicted octanol–water partition coefficient (Wildman–Crippen LogP) is 2.38. The molecule has 1 N–H and O–H groups in total. The zero-order chi connectivity index (χ0) is 9.26. The lowest BCUT2D eigenvalue weighted by Gasteiger charge is -2.28. The van der Waals surface area contributed by atoms with Crippen LogP contribution in [0.25, 0.3) is 0 Å². The van der Waals surface area contributed by atoms with Gasteiger partial charge in [0.15, 0.2) is 0 Å². The molecule has 1 fully saturated rings. The van der Waals surface area contributed by atoms with Gasteiger partial charge in [-0.3, -0.25) is 0 Å². The number of hydrogen-bond donors (Lipinski definition) is 1. The summed E-state index contributed by atoms with van der Waals surface area (Å²) < 4.78 is 5.14. The highest BCUT2D eigenvalue weighted by molar-refractivity contribution is 6.32. The van der Waals surface area contributed by atoms with Crippen molar-refractivity contribution < 1.29 is 4.74 Å². The van der Waals surface area contributed by atoms with Crippen LogP contribution in [0.4, 0.5) is 0 Å². The first-order valence-corrected chi connectivity index (χ1v) is 4.76. The number of benzene rings is 1. The zero-order valence-corrected chi connectivity index (χ0v) is 8.27. The molecule has 2 rings (SSSR count). The van der Waals surface area contributed by atoms with Crippen LogP contribution in [0.2, 0.25) is 5.02 Å². The van der Waals surface area contributed by atoms with Crippen molar-refractivity contribution in [1.29, 1.82) is 0 Å². The smallest absolute Gasteiger partial charge is 0.137 e. The molecule has 1 heterocycles. The SMILES string of the molecule is COc1cc(C2CCN2)ccc1Cl. The van der Waals surface area contributed by atoms with Crippen molar-refractivity contribution in [2.45, 2.75) is 12.5 Å². The van der Waals surface area contributed by atoms with Crippen molar-refractivity contribution in [2.24, 2.45) is 0 Å². The summed E-state index contributed by atoms with van der Waals surface area (Å²) in [5.41, 5.74) is 1.26. The zero-order valence-electron chi connectivity index (χ0n) is 7.51. The fourth-order valence-corrected chi connectivity index (χ4v) is 1.66. The Bertz CT molecular complexity index is 310. The third-order valence-corrected chi connectivity index (χ3v) is 2.71. The summed E-state index contributed by atoms with van der Waals surface area (Å²) in [6, 6.07) is 6.42. The molecule has 1 unspecified atom stereocenters. The number of methoxy groups -OCH3 is 1. The predicted molar refractivity (Wildman–Crippen MR) is 53.4 cm³/mol. The third kappa shape index (κ3) is 1.64. The van der Waals surface area contributed by atoms with Gasteiger partial charge in [0.1, 0.15) is 5.75 Å². The van der Waals surface area contributed by atoms with E-state index in [1.165, 1.54) is 12.0 Å². The van der Waals surface area contributed by atoms with Gasteiger partial charge in [0.05, 0.1) is 12.1 Å². The van der Waals surface area contributed by atoms with Crippen molar-refractivity contribution in [3.63, 3.8) is 0 Å². The number of halogens is 1. The van der Waals surface area contributed by atoms with E-state index < -0.39 is 0 Å². The van der Waals surface area contributed by atoms with Gasteiger partial charge in [-0.15, -0.1) is 0 Å². The highest BCUT2D eigenvalue weighted by Gasteiger charge is 2.19. The fraction of sp³-hybridized carbons (Fsp3) is 0.400. The second kappa shape index (κ2) is 3.56. The fourth-order valence-electron chi connectivity index (χ4n) is 1.47. The lowest BCUT2D eigenvalue weighted by molar-refractivity contribution is 0.378. The van der Waals surface area contributed by atoms with Gasteiger partial charge in [-0.05, 0) is 30.7 Å². The van der Waals surface area contributed by atoms with Crippen LogP contribution in [0.1, 0.15) is 18.0 Å². The highest BCUT2D eigenvalue weighted by atomic mass is 35.5. The van der Waals surface area contributed by atoms with E-state index in [4.69, 9.17) is 16.3 Å². The molecule has 0 spiro atoms. The Morgan fingerprint density at radius 3 is 2.85 bits per heavy atom. The number of rotatable bonds is 2. The van der Waals surface area contributed by atoms with Crippen LogP contribution in [-0.4, -0.2) is 13.7 Å². The van der Waals surface area contributed by atoms with Crippen molar-refractivity contribution in [3.8, 4) is 5.75 Å². The summed E-state index contributed by atoms with van der Waals surface area (Å²) >= 11 is 5.92. The Labute approximate surface area is 82.9 Å². The van der Waals surface area contributed by atoms with Crippen LogP contribution in [0, 0.1) is 0 Å². The van der Waals surface area contributed by atoms with Gasteiger partial charge in [-0.2, -0.15) is 0 Å². The molecule has 0 bridgehead atoms. The molecule has 0 aliphatic carbocycles. The molecule has 1 saturated heterocycles. The van der Waals surface area contributed by atoms with Crippen LogP contribution in [0.3, 0.4) is 0 Å². The Hall–Kier alpha value is -0.730. The standard InChI is InChI=1S/C10H12ClNO/c1-13-10-6-7(2-3-8(10)11)9-4-5-12-9/h2-3,6,9,12H,4-5H2,1H3. The minimum absolute atomic E-state index is 0.492. The molecule has 1 atom stereocenters. The average molecular weight is 198 g/mol. The Kier molecular flexibility index (Phi) is 2.42. The first-order chi connectivity index (χ1) is 6.31. The van der Waals surface area contributed by atoms with Crippen molar-refractivity contribution in [3.05, 3.63) is 28.8 Å². The van der Waals surface area contributed by atoms with E-state index in [0.29, 0.717) is 11.1 Å². The molecule has 0 aromatic heterocycles. The van der Waals surface area contributed by atoms with Gasteiger partial charge in [0.2, 0.25) is 0 Å². The van der Waals surface area contributed by atoms with E-state index >= 15 is 0 Å². The number of nitrogens with one attached hydrogen (secondary N) is 1. The Morgan fingerprint density at radius 2 is 2.31 bits per heavy atom. The summed E-state index contributed by atoms with van der Waals surface area (Å²) in [5, 5.41) is 4.01. The van der Waals surface area contributed by atoms with Crippen molar-refractivity contribution in [1.82, 2.24) is 5.32 Å². The molecule has 0 amide bonds. The van der Waals surface area contributed by atoms with E-state index in [1.807, 2.05) is 18.2 Å². The molecular formula is C10H12ClNO. The third-order valence-electron chi connectivity index (χ3n) is 2.40. The summed E-state index contributed by atoms with van der Waals surface area (Å²) in [6.45, 7) is 1.11. The molecule has 0 saturated carbocycles. The maximum Gasteiger partial charge on any atom is 0.137 e. The van der Waals surface area contributed by atoms with Gasteiger partial charge >= 0.3 is 0 Å². The summed E-state index contributed by atoms with van der Waals surface area (Å²) in [7, 11) is 1.64. The summed E-state index contributed by atoms with van der Waals surface area (Å²) in [5.74, 6) is 0.757. The molecule has 1 aliphatic rings. The molecule has 1 aromatic carbocycles. The molecule has 70 valence electrons. The molecule has 2 nitrogen and oxygen atoms in total. The summed E-state index contributed by atoms with van der Waals surface area (Å²) in [4.78, 5) is 0. The normalized spacial score (nSPS) is 20.9. The van der Waals surface area contributed by atoms with Crippen molar-refractivity contribution in [2.75, 3.05) is 13.7 Å². The van der Waals surface area contributed by atoms with Gasteiger partial charge < -0.3 is 10.1 Å². The number of hydrogen-bond acceptors (Lipinski definition) is 2. The Morgan fingerprint density at radius 1 is 1.54 bits per heavy atom. The van der Waals surface area contributed by atoms with Crippen LogP contribution < -0.4 is 10.1 Å². The largest absolute Gasteiger partial charge is 0.495 e. The number of ether oxygens (including phenoxy) is 1. The van der Waals surface area contributed by atoms with E-state index in [9.17, 15) is 0 Å². The van der Waals surface area contributed by atoms with Gasteiger partial charge in [0.25, 0.3) is 0 Å². The molecule has 3 heteroatoms. The van der Waals surface area contributed by atoms with Crippen LogP contribution >= 0.6 is 11.6 Å². The van der Waals surface area contributed by atoms with E-state index in [-0.39, 0.29) is 0 Å². The van der Waals surface area contributed by atoms with Crippen LogP contribution in [0.5, 0.6) is 5.75 Å². The lowest BCUT2D eigenvalue weighted by Crippen LogP contribution is -2.34. The maximum atomic E-state index is 5.92. The van der Waals surface area contributed by atoms with Gasteiger partial charge in [-0.1, -0.05) is 17.7 Å². The molecule has 0 radical (unpaired) electrons. The topological polar surface area (TPSA) is 21.3 Å². The lowest BCUT2D eigenvalue weighted by atomic mass is 9.98. The van der Waals surface area contributed by atoms with Crippen molar-refractivity contribution >= 4 is 11.6 Å². The minimum atomic E-state index is 0.492. The monoisotopic (exact) mass is 197 g/mol. The van der Waals surface area contributed by atoms with E-state index in [2.05, 4.69) is 5.32 Å². The first-order valence-electron chi connectivity index (χ1n) is 4.38. The van der Waals surface area contributed by atoms with Gasteiger partial charge in [-0.25, -0.2) is 0 Å². The van der Waals surface area contributed by atoms with E-state index in [1.54, 1.807) is 7.11 Å².